The Morgan fingerprint density at radius 1 is 1.59 bits per heavy atom. The summed E-state index contributed by atoms with van der Waals surface area (Å²) in [5.41, 5.74) is 1.30. The number of alkyl halides is 1. The molecule has 1 heterocycles. The van der Waals surface area contributed by atoms with E-state index in [0.717, 1.165) is 25.0 Å². The van der Waals surface area contributed by atoms with Crippen molar-refractivity contribution in [2.24, 2.45) is 0 Å². The molecule has 1 fully saturated rings. The molecule has 0 amide bonds. The Morgan fingerprint density at radius 2 is 2.29 bits per heavy atom. The van der Waals surface area contributed by atoms with Crippen molar-refractivity contribution in [3.8, 4) is 5.75 Å². The number of ether oxygens (including phenoxy) is 1. The van der Waals surface area contributed by atoms with Gasteiger partial charge in [-0.1, -0.05) is 6.92 Å². The molecule has 0 N–H and O–H groups in total. The standard InChI is InChI=1S/C13H21ClN2O/c1-9(2)16-12(11(17-4)8-15-16)13(3)6-5-10(14)7-13/h8-10H,5-7H2,1-4H3. The lowest BCUT2D eigenvalue weighted by Gasteiger charge is -2.27. The minimum atomic E-state index is 0.0958. The summed E-state index contributed by atoms with van der Waals surface area (Å²) >= 11 is 6.27. The van der Waals surface area contributed by atoms with Crippen LogP contribution in [0.25, 0.3) is 0 Å². The largest absolute Gasteiger partial charge is 0.493 e. The topological polar surface area (TPSA) is 27.1 Å². The van der Waals surface area contributed by atoms with Gasteiger partial charge in [-0.2, -0.15) is 5.10 Å². The van der Waals surface area contributed by atoms with E-state index >= 15 is 0 Å². The smallest absolute Gasteiger partial charge is 0.160 e. The normalized spacial score (nSPS) is 28.9. The summed E-state index contributed by atoms with van der Waals surface area (Å²) in [7, 11) is 1.71. The lowest BCUT2D eigenvalue weighted by Crippen LogP contribution is -2.24. The van der Waals surface area contributed by atoms with Gasteiger partial charge in [-0.05, 0) is 33.1 Å². The molecule has 0 spiro atoms. The van der Waals surface area contributed by atoms with Crippen LogP contribution in [-0.4, -0.2) is 22.3 Å². The molecule has 96 valence electrons. The third-order valence-corrected chi connectivity index (χ3v) is 4.10. The van der Waals surface area contributed by atoms with Crippen molar-refractivity contribution in [3.63, 3.8) is 0 Å². The van der Waals surface area contributed by atoms with Crippen LogP contribution in [-0.2, 0) is 5.41 Å². The first-order valence-corrected chi connectivity index (χ1v) is 6.67. The summed E-state index contributed by atoms with van der Waals surface area (Å²) in [5, 5.41) is 4.73. The van der Waals surface area contributed by atoms with Crippen molar-refractivity contribution in [2.45, 2.75) is 56.9 Å². The monoisotopic (exact) mass is 256 g/mol. The number of hydrogen-bond acceptors (Lipinski definition) is 2. The summed E-state index contributed by atoms with van der Waals surface area (Å²) in [4.78, 5) is 0. The van der Waals surface area contributed by atoms with Gasteiger partial charge in [-0.25, -0.2) is 0 Å². The highest BCUT2D eigenvalue weighted by Gasteiger charge is 2.40. The maximum atomic E-state index is 6.27. The maximum absolute atomic E-state index is 6.27. The summed E-state index contributed by atoms with van der Waals surface area (Å²) in [6.07, 6.45) is 5.01. The Morgan fingerprint density at radius 3 is 2.76 bits per heavy atom. The number of halogens is 1. The lowest BCUT2D eigenvalue weighted by molar-refractivity contribution is 0.360. The number of aromatic nitrogens is 2. The van der Waals surface area contributed by atoms with Gasteiger partial charge < -0.3 is 4.74 Å². The first kappa shape index (κ1) is 12.7. The Labute approximate surface area is 108 Å². The van der Waals surface area contributed by atoms with Crippen molar-refractivity contribution in [3.05, 3.63) is 11.9 Å². The van der Waals surface area contributed by atoms with Gasteiger partial charge in [0, 0.05) is 16.8 Å². The van der Waals surface area contributed by atoms with Crippen LogP contribution in [0, 0.1) is 0 Å². The maximum Gasteiger partial charge on any atom is 0.160 e. The second kappa shape index (κ2) is 4.52. The average molecular weight is 257 g/mol. The number of rotatable bonds is 3. The molecule has 2 unspecified atom stereocenters. The molecular formula is C13H21ClN2O. The zero-order chi connectivity index (χ0) is 12.6. The number of methoxy groups -OCH3 is 1. The Kier molecular flexibility index (Phi) is 3.39. The molecule has 0 bridgehead atoms. The third kappa shape index (κ3) is 2.17. The van der Waals surface area contributed by atoms with E-state index in [1.54, 1.807) is 7.11 Å². The molecule has 1 aliphatic rings. The van der Waals surface area contributed by atoms with E-state index in [0.29, 0.717) is 6.04 Å². The van der Waals surface area contributed by atoms with Crippen molar-refractivity contribution in [1.29, 1.82) is 0 Å². The molecule has 1 aliphatic carbocycles. The van der Waals surface area contributed by atoms with E-state index in [-0.39, 0.29) is 10.8 Å². The van der Waals surface area contributed by atoms with Gasteiger partial charge in [0.1, 0.15) is 0 Å². The number of nitrogens with zero attached hydrogens (tertiary/aromatic N) is 2. The zero-order valence-electron chi connectivity index (χ0n) is 11.0. The molecule has 3 nitrogen and oxygen atoms in total. The van der Waals surface area contributed by atoms with Crippen LogP contribution in [0.5, 0.6) is 5.75 Å². The van der Waals surface area contributed by atoms with Crippen LogP contribution >= 0.6 is 11.6 Å². The van der Waals surface area contributed by atoms with Crippen LogP contribution in [0.2, 0.25) is 0 Å². The van der Waals surface area contributed by atoms with Gasteiger partial charge >= 0.3 is 0 Å². The van der Waals surface area contributed by atoms with Gasteiger partial charge in [0.2, 0.25) is 0 Å². The molecule has 0 saturated heterocycles. The van der Waals surface area contributed by atoms with E-state index in [2.05, 4.69) is 30.6 Å². The predicted octanol–water partition coefficient (Wildman–Crippen LogP) is 3.52. The quantitative estimate of drug-likeness (QED) is 0.774. The van der Waals surface area contributed by atoms with Crippen molar-refractivity contribution in [2.75, 3.05) is 7.11 Å². The summed E-state index contributed by atoms with van der Waals surface area (Å²) in [5.74, 6) is 0.895. The van der Waals surface area contributed by atoms with E-state index in [1.807, 2.05) is 6.20 Å². The van der Waals surface area contributed by atoms with Gasteiger partial charge in [0.25, 0.3) is 0 Å². The minimum absolute atomic E-state index is 0.0958. The van der Waals surface area contributed by atoms with Crippen LogP contribution in [0.15, 0.2) is 6.20 Å². The molecule has 0 radical (unpaired) electrons. The fourth-order valence-electron chi connectivity index (χ4n) is 2.84. The van der Waals surface area contributed by atoms with E-state index in [1.165, 1.54) is 5.69 Å². The van der Waals surface area contributed by atoms with Crippen LogP contribution in [0.4, 0.5) is 0 Å². The van der Waals surface area contributed by atoms with Crippen LogP contribution in [0.1, 0.15) is 51.8 Å². The fourth-order valence-corrected chi connectivity index (χ4v) is 3.29. The highest BCUT2D eigenvalue weighted by atomic mass is 35.5. The van der Waals surface area contributed by atoms with Gasteiger partial charge in [-0.3, -0.25) is 4.68 Å². The SMILES string of the molecule is COc1cnn(C(C)C)c1C1(C)CCC(Cl)C1. The fraction of sp³-hybridized carbons (Fsp3) is 0.769. The molecule has 1 aromatic heterocycles. The van der Waals surface area contributed by atoms with E-state index in [9.17, 15) is 0 Å². The molecule has 0 aromatic carbocycles. The van der Waals surface area contributed by atoms with Gasteiger partial charge in [0.15, 0.2) is 5.75 Å². The molecule has 1 aromatic rings. The van der Waals surface area contributed by atoms with Crippen molar-refractivity contribution in [1.82, 2.24) is 9.78 Å². The molecule has 2 atom stereocenters. The molecule has 2 rings (SSSR count). The minimum Gasteiger partial charge on any atom is -0.493 e. The van der Waals surface area contributed by atoms with E-state index < -0.39 is 0 Å². The lowest BCUT2D eigenvalue weighted by atomic mass is 9.84. The van der Waals surface area contributed by atoms with E-state index in [4.69, 9.17) is 16.3 Å². The molecule has 1 saturated carbocycles. The second-order valence-corrected chi connectivity index (χ2v) is 6.12. The second-order valence-electron chi connectivity index (χ2n) is 5.50. The molecule has 4 heteroatoms. The molecular weight excluding hydrogens is 236 g/mol. The molecule has 17 heavy (non-hydrogen) atoms. The highest BCUT2D eigenvalue weighted by Crippen LogP contribution is 2.46. The summed E-state index contributed by atoms with van der Waals surface area (Å²) in [6, 6.07) is 0.347. The first-order chi connectivity index (χ1) is 7.98. The van der Waals surface area contributed by atoms with Crippen molar-refractivity contribution < 1.29 is 4.74 Å². The Balaban J connectivity index is 2.45. The van der Waals surface area contributed by atoms with Crippen LogP contribution < -0.4 is 4.74 Å². The average Bonchev–Trinajstić information content (AvgIpc) is 2.82. The first-order valence-electron chi connectivity index (χ1n) is 6.24. The number of hydrogen-bond donors (Lipinski definition) is 0. The summed E-state index contributed by atoms with van der Waals surface area (Å²) in [6.45, 7) is 6.56. The Bertz CT molecular complexity index is 402. The predicted molar refractivity (Wildman–Crippen MR) is 70.0 cm³/mol. The van der Waals surface area contributed by atoms with Crippen LogP contribution in [0.3, 0.4) is 0 Å². The van der Waals surface area contributed by atoms with Gasteiger partial charge in [-0.15, -0.1) is 11.6 Å². The third-order valence-electron chi connectivity index (χ3n) is 3.72. The Hall–Kier alpha value is -0.700. The highest BCUT2D eigenvalue weighted by molar-refractivity contribution is 6.20. The molecule has 0 aliphatic heterocycles. The van der Waals surface area contributed by atoms with Gasteiger partial charge in [0.05, 0.1) is 19.0 Å². The zero-order valence-corrected chi connectivity index (χ0v) is 11.8. The summed E-state index contributed by atoms with van der Waals surface area (Å²) < 4.78 is 7.54. The van der Waals surface area contributed by atoms with Crippen molar-refractivity contribution >= 4 is 11.6 Å².